The largest absolute Gasteiger partial charge is 0.462 e. The number of carbonyl (C=O) groups excluding carboxylic acids is 1. The average molecular weight is 294 g/mol. The molecule has 1 unspecified atom stereocenters. The van der Waals surface area contributed by atoms with Gasteiger partial charge in [0.15, 0.2) is 0 Å². The molecule has 0 spiro atoms. The van der Waals surface area contributed by atoms with Crippen LogP contribution in [0.5, 0.6) is 0 Å². The number of hydrogen-bond donors (Lipinski definition) is 1. The maximum absolute atomic E-state index is 11.7. The van der Waals surface area contributed by atoms with Crippen molar-refractivity contribution < 1.29 is 14.3 Å². The molecule has 0 bridgehead atoms. The van der Waals surface area contributed by atoms with Crippen LogP contribution in [0.4, 0.5) is 11.4 Å². The Morgan fingerprint density at radius 3 is 2.62 bits per heavy atom. The predicted molar refractivity (Wildman–Crippen MR) is 85.8 cm³/mol. The molecule has 5 heteroatoms. The van der Waals surface area contributed by atoms with E-state index < -0.39 is 0 Å². The number of anilines is 2. The highest BCUT2D eigenvalue weighted by atomic mass is 16.5. The minimum Gasteiger partial charge on any atom is -0.462 e. The topological polar surface area (TPSA) is 64.8 Å². The lowest BCUT2D eigenvalue weighted by Crippen LogP contribution is -2.36. The van der Waals surface area contributed by atoms with Gasteiger partial charge >= 0.3 is 5.97 Å². The van der Waals surface area contributed by atoms with E-state index in [0.717, 1.165) is 18.7 Å². The van der Waals surface area contributed by atoms with Crippen molar-refractivity contribution in [1.29, 1.82) is 0 Å². The molecule has 0 amide bonds. The number of esters is 1. The van der Waals surface area contributed by atoms with Gasteiger partial charge in [-0.15, -0.1) is 0 Å². The molecule has 1 atom stereocenters. The lowest BCUT2D eigenvalue weighted by Gasteiger charge is -2.31. The van der Waals surface area contributed by atoms with Gasteiger partial charge in [0, 0.05) is 19.7 Å². The summed E-state index contributed by atoms with van der Waals surface area (Å²) in [6.07, 6.45) is 1.00. The van der Waals surface area contributed by atoms with Crippen molar-refractivity contribution in [3.05, 3.63) is 23.8 Å². The third-order valence-corrected chi connectivity index (χ3v) is 3.51. The number of rotatable bonds is 8. The standard InChI is InChI=1S/C16H26N2O3/c1-5-12(3)18(9-10-20-4)15-8-7-13(11-14(15)17)16(19)21-6-2/h7-8,11-12H,5-6,9-10,17H2,1-4H3. The van der Waals surface area contributed by atoms with E-state index in [4.69, 9.17) is 15.2 Å². The monoisotopic (exact) mass is 294 g/mol. The van der Waals surface area contributed by atoms with Gasteiger partial charge in [-0.2, -0.15) is 0 Å². The summed E-state index contributed by atoms with van der Waals surface area (Å²) >= 11 is 0. The first kappa shape index (κ1) is 17.3. The van der Waals surface area contributed by atoms with Gasteiger partial charge in [0.2, 0.25) is 0 Å². The Balaban J connectivity index is 3.01. The second kappa shape index (κ2) is 8.52. The maximum Gasteiger partial charge on any atom is 0.338 e. The number of nitrogens with two attached hydrogens (primary N) is 1. The summed E-state index contributed by atoms with van der Waals surface area (Å²) in [5.41, 5.74) is 8.12. The van der Waals surface area contributed by atoms with E-state index in [1.54, 1.807) is 26.2 Å². The van der Waals surface area contributed by atoms with Crippen LogP contribution in [-0.2, 0) is 9.47 Å². The second-order valence-corrected chi connectivity index (χ2v) is 4.94. The summed E-state index contributed by atoms with van der Waals surface area (Å²) in [6.45, 7) is 7.80. The van der Waals surface area contributed by atoms with E-state index in [1.165, 1.54) is 0 Å². The third-order valence-electron chi connectivity index (χ3n) is 3.51. The molecular formula is C16H26N2O3. The highest BCUT2D eigenvalue weighted by Crippen LogP contribution is 2.27. The third kappa shape index (κ3) is 4.63. The summed E-state index contributed by atoms with van der Waals surface area (Å²) in [4.78, 5) is 13.9. The van der Waals surface area contributed by atoms with E-state index in [0.29, 0.717) is 30.5 Å². The normalized spacial score (nSPS) is 12.0. The molecule has 2 N–H and O–H groups in total. The van der Waals surface area contributed by atoms with Crippen molar-refractivity contribution in [3.8, 4) is 0 Å². The lowest BCUT2D eigenvalue weighted by molar-refractivity contribution is 0.0526. The van der Waals surface area contributed by atoms with Crippen LogP contribution in [-0.4, -0.2) is 38.9 Å². The van der Waals surface area contributed by atoms with E-state index in [9.17, 15) is 4.79 Å². The summed E-state index contributed by atoms with van der Waals surface area (Å²) in [5, 5.41) is 0. The quantitative estimate of drug-likeness (QED) is 0.590. The van der Waals surface area contributed by atoms with Crippen molar-refractivity contribution in [1.82, 2.24) is 0 Å². The molecule has 0 radical (unpaired) electrons. The highest BCUT2D eigenvalue weighted by Gasteiger charge is 2.17. The number of nitrogens with zero attached hydrogens (tertiary/aromatic N) is 1. The SMILES string of the molecule is CCOC(=O)c1ccc(N(CCOC)C(C)CC)c(N)c1. The first-order valence-electron chi connectivity index (χ1n) is 7.37. The Morgan fingerprint density at radius 2 is 2.10 bits per heavy atom. The van der Waals surface area contributed by atoms with Crippen LogP contribution in [0, 0.1) is 0 Å². The molecule has 118 valence electrons. The van der Waals surface area contributed by atoms with Crippen LogP contribution in [0.3, 0.4) is 0 Å². The van der Waals surface area contributed by atoms with E-state index in [2.05, 4.69) is 18.7 Å². The molecule has 0 saturated heterocycles. The summed E-state index contributed by atoms with van der Waals surface area (Å²) < 4.78 is 10.2. The number of nitrogen functional groups attached to an aromatic ring is 1. The fraction of sp³-hybridized carbons (Fsp3) is 0.562. The molecule has 1 rings (SSSR count). The van der Waals surface area contributed by atoms with Gasteiger partial charge < -0.3 is 20.1 Å². The van der Waals surface area contributed by atoms with Crippen molar-refractivity contribution in [2.75, 3.05) is 37.5 Å². The number of ether oxygens (including phenoxy) is 2. The predicted octanol–water partition coefficient (Wildman–Crippen LogP) is 2.70. The molecule has 0 heterocycles. The maximum atomic E-state index is 11.7. The minimum absolute atomic E-state index is 0.343. The van der Waals surface area contributed by atoms with Crippen molar-refractivity contribution in [3.63, 3.8) is 0 Å². The van der Waals surface area contributed by atoms with Crippen LogP contribution in [0.15, 0.2) is 18.2 Å². The first-order valence-corrected chi connectivity index (χ1v) is 7.37. The smallest absolute Gasteiger partial charge is 0.338 e. The molecular weight excluding hydrogens is 268 g/mol. The van der Waals surface area contributed by atoms with Gasteiger partial charge in [-0.3, -0.25) is 0 Å². The Morgan fingerprint density at radius 1 is 1.38 bits per heavy atom. The number of benzene rings is 1. The van der Waals surface area contributed by atoms with Gasteiger partial charge in [-0.05, 0) is 38.5 Å². The van der Waals surface area contributed by atoms with Gasteiger partial charge in [-0.25, -0.2) is 4.79 Å². The van der Waals surface area contributed by atoms with Crippen LogP contribution in [0.25, 0.3) is 0 Å². The molecule has 0 aliphatic carbocycles. The average Bonchev–Trinajstić information content (AvgIpc) is 2.48. The van der Waals surface area contributed by atoms with Crippen molar-refractivity contribution in [2.24, 2.45) is 0 Å². The van der Waals surface area contributed by atoms with Crippen molar-refractivity contribution >= 4 is 17.3 Å². The van der Waals surface area contributed by atoms with Gasteiger partial charge in [0.25, 0.3) is 0 Å². The molecule has 1 aromatic carbocycles. The second-order valence-electron chi connectivity index (χ2n) is 4.94. The van der Waals surface area contributed by atoms with Crippen LogP contribution < -0.4 is 10.6 Å². The fourth-order valence-corrected chi connectivity index (χ4v) is 2.15. The zero-order valence-corrected chi connectivity index (χ0v) is 13.4. The van der Waals surface area contributed by atoms with Crippen LogP contribution >= 0.6 is 0 Å². The fourth-order valence-electron chi connectivity index (χ4n) is 2.15. The van der Waals surface area contributed by atoms with Crippen molar-refractivity contribution in [2.45, 2.75) is 33.2 Å². The van der Waals surface area contributed by atoms with Crippen LogP contribution in [0.1, 0.15) is 37.6 Å². The Bertz CT molecular complexity index is 463. The van der Waals surface area contributed by atoms with E-state index in [1.807, 2.05) is 6.07 Å². The van der Waals surface area contributed by atoms with Crippen LogP contribution in [0.2, 0.25) is 0 Å². The molecule has 21 heavy (non-hydrogen) atoms. The first-order chi connectivity index (χ1) is 10.0. The Hall–Kier alpha value is -1.75. The molecule has 0 saturated carbocycles. The lowest BCUT2D eigenvalue weighted by atomic mass is 10.1. The molecule has 1 aromatic rings. The molecule has 0 fully saturated rings. The van der Waals surface area contributed by atoms with Gasteiger partial charge in [0.1, 0.15) is 0 Å². The molecule has 0 aromatic heterocycles. The number of carbonyl (C=O) groups is 1. The molecule has 0 aliphatic heterocycles. The zero-order valence-electron chi connectivity index (χ0n) is 13.4. The highest BCUT2D eigenvalue weighted by molar-refractivity contribution is 5.92. The van der Waals surface area contributed by atoms with Gasteiger partial charge in [-0.1, -0.05) is 6.92 Å². The summed E-state index contributed by atoms with van der Waals surface area (Å²) in [6, 6.07) is 5.65. The summed E-state index contributed by atoms with van der Waals surface area (Å²) in [5.74, 6) is -0.345. The summed E-state index contributed by atoms with van der Waals surface area (Å²) in [7, 11) is 1.68. The zero-order chi connectivity index (χ0) is 15.8. The van der Waals surface area contributed by atoms with E-state index in [-0.39, 0.29) is 5.97 Å². The molecule has 5 nitrogen and oxygen atoms in total. The molecule has 0 aliphatic rings. The van der Waals surface area contributed by atoms with Gasteiger partial charge in [0.05, 0.1) is 30.2 Å². The number of hydrogen-bond acceptors (Lipinski definition) is 5. The van der Waals surface area contributed by atoms with E-state index >= 15 is 0 Å². The Kier molecular flexibility index (Phi) is 7.02. The number of methoxy groups -OCH3 is 1. The Labute approximate surface area is 127 Å². The minimum atomic E-state index is -0.345.